The first kappa shape index (κ1) is 11.8. The molecule has 0 fully saturated rings. The van der Waals surface area contributed by atoms with Crippen molar-refractivity contribution in [1.29, 1.82) is 0 Å². The summed E-state index contributed by atoms with van der Waals surface area (Å²) in [5.74, 6) is 0. The zero-order valence-corrected chi connectivity index (χ0v) is 11.4. The van der Waals surface area contributed by atoms with Gasteiger partial charge in [0.05, 0.1) is 11.4 Å². The largest absolute Gasteiger partial charge is 0.222 e. The van der Waals surface area contributed by atoms with Crippen molar-refractivity contribution in [1.82, 2.24) is 9.78 Å². The summed E-state index contributed by atoms with van der Waals surface area (Å²) in [5, 5.41) is 5.50. The molecule has 3 rings (SSSR count). The van der Waals surface area contributed by atoms with Gasteiger partial charge in [-0.1, -0.05) is 35.7 Å². The van der Waals surface area contributed by atoms with Gasteiger partial charge in [0.1, 0.15) is 5.15 Å². The third-order valence-electron chi connectivity index (χ3n) is 3.62. The molecule has 0 bridgehead atoms. The highest BCUT2D eigenvalue weighted by molar-refractivity contribution is 6.30. The molecule has 2 aromatic rings. The van der Waals surface area contributed by atoms with E-state index in [1.54, 1.807) is 0 Å². The summed E-state index contributed by atoms with van der Waals surface area (Å²) in [7, 11) is 0. The Morgan fingerprint density at radius 2 is 1.78 bits per heavy atom. The van der Waals surface area contributed by atoms with Gasteiger partial charge in [0.2, 0.25) is 0 Å². The standard InChI is InChI=1S/C15H17ClN2/c1-11-7-9-12(10-8-11)18-15(16)13-5-3-2-4-6-14(13)17-18/h7-10H,2-6H2,1H3. The molecule has 0 spiro atoms. The molecule has 0 saturated carbocycles. The topological polar surface area (TPSA) is 17.8 Å². The number of benzene rings is 1. The molecular formula is C15H17ClN2. The van der Waals surface area contributed by atoms with E-state index in [9.17, 15) is 0 Å². The van der Waals surface area contributed by atoms with Crippen LogP contribution in [-0.2, 0) is 12.8 Å². The molecule has 0 N–H and O–H groups in total. The van der Waals surface area contributed by atoms with Crippen molar-refractivity contribution in [2.45, 2.75) is 39.0 Å². The van der Waals surface area contributed by atoms with Crippen LogP contribution in [0.2, 0.25) is 5.15 Å². The molecule has 0 amide bonds. The van der Waals surface area contributed by atoms with Crippen LogP contribution in [0.15, 0.2) is 24.3 Å². The Balaban J connectivity index is 2.05. The predicted octanol–water partition coefficient (Wildman–Crippen LogP) is 4.10. The summed E-state index contributed by atoms with van der Waals surface area (Å²) in [5.41, 5.74) is 4.76. The van der Waals surface area contributed by atoms with Gasteiger partial charge in [0.15, 0.2) is 0 Å². The highest BCUT2D eigenvalue weighted by Gasteiger charge is 2.18. The van der Waals surface area contributed by atoms with E-state index in [0.717, 1.165) is 23.7 Å². The van der Waals surface area contributed by atoms with E-state index < -0.39 is 0 Å². The molecule has 0 atom stereocenters. The Kier molecular flexibility index (Phi) is 3.13. The van der Waals surface area contributed by atoms with Gasteiger partial charge in [-0.05, 0) is 44.7 Å². The average molecular weight is 261 g/mol. The monoisotopic (exact) mass is 260 g/mol. The number of hydrogen-bond donors (Lipinski definition) is 0. The first-order valence-electron chi connectivity index (χ1n) is 6.59. The van der Waals surface area contributed by atoms with Crippen molar-refractivity contribution in [3.8, 4) is 5.69 Å². The van der Waals surface area contributed by atoms with Crippen LogP contribution in [0.5, 0.6) is 0 Å². The highest BCUT2D eigenvalue weighted by Crippen LogP contribution is 2.29. The van der Waals surface area contributed by atoms with Crippen LogP contribution in [0.1, 0.15) is 36.1 Å². The highest BCUT2D eigenvalue weighted by atomic mass is 35.5. The zero-order chi connectivity index (χ0) is 12.5. The SMILES string of the molecule is Cc1ccc(-n2nc3c(c2Cl)CCCCC3)cc1. The molecule has 0 unspecified atom stereocenters. The van der Waals surface area contributed by atoms with E-state index >= 15 is 0 Å². The molecule has 1 aromatic heterocycles. The molecule has 1 aliphatic rings. The lowest BCUT2D eigenvalue weighted by atomic mass is 10.1. The maximum atomic E-state index is 6.49. The third-order valence-corrected chi connectivity index (χ3v) is 4.01. The smallest absolute Gasteiger partial charge is 0.136 e. The molecule has 2 nitrogen and oxygen atoms in total. The van der Waals surface area contributed by atoms with Crippen molar-refractivity contribution in [2.75, 3.05) is 0 Å². The van der Waals surface area contributed by atoms with E-state index in [1.165, 1.54) is 36.1 Å². The van der Waals surface area contributed by atoms with Gasteiger partial charge >= 0.3 is 0 Å². The summed E-state index contributed by atoms with van der Waals surface area (Å²) in [6, 6.07) is 8.35. The Hall–Kier alpha value is -1.28. The molecule has 94 valence electrons. The van der Waals surface area contributed by atoms with Crippen LogP contribution in [-0.4, -0.2) is 9.78 Å². The lowest BCUT2D eigenvalue weighted by Crippen LogP contribution is -1.97. The van der Waals surface area contributed by atoms with Crippen molar-refractivity contribution in [3.63, 3.8) is 0 Å². The maximum Gasteiger partial charge on any atom is 0.136 e. The van der Waals surface area contributed by atoms with E-state index in [2.05, 4.69) is 31.2 Å². The second-order valence-electron chi connectivity index (χ2n) is 5.02. The van der Waals surface area contributed by atoms with E-state index in [4.69, 9.17) is 16.7 Å². The molecule has 1 aromatic carbocycles. The van der Waals surface area contributed by atoms with Gasteiger partial charge in [0.25, 0.3) is 0 Å². The summed E-state index contributed by atoms with van der Waals surface area (Å²) >= 11 is 6.49. The first-order valence-corrected chi connectivity index (χ1v) is 6.97. The fourth-order valence-electron chi connectivity index (χ4n) is 2.55. The fourth-order valence-corrected chi connectivity index (χ4v) is 2.89. The molecule has 1 heterocycles. The Morgan fingerprint density at radius 3 is 2.56 bits per heavy atom. The average Bonchev–Trinajstić information content (AvgIpc) is 2.57. The minimum Gasteiger partial charge on any atom is -0.222 e. The molecule has 18 heavy (non-hydrogen) atoms. The number of halogens is 1. The number of aromatic nitrogens is 2. The van der Waals surface area contributed by atoms with Crippen LogP contribution in [0.3, 0.4) is 0 Å². The number of hydrogen-bond acceptors (Lipinski definition) is 1. The molecular weight excluding hydrogens is 244 g/mol. The van der Waals surface area contributed by atoms with Crippen LogP contribution < -0.4 is 0 Å². The van der Waals surface area contributed by atoms with E-state index in [1.807, 2.05) is 4.68 Å². The Bertz CT molecular complexity index is 555. The lowest BCUT2D eigenvalue weighted by molar-refractivity contribution is 0.694. The number of aryl methyl sites for hydroxylation is 2. The van der Waals surface area contributed by atoms with Gasteiger partial charge in [-0.3, -0.25) is 0 Å². The molecule has 0 saturated heterocycles. The second kappa shape index (κ2) is 4.77. The van der Waals surface area contributed by atoms with Crippen LogP contribution in [0, 0.1) is 6.92 Å². The van der Waals surface area contributed by atoms with Gasteiger partial charge in [-0.2, -0.15) is 5.10 Å². The Morgan fingerprint density at radius 1 is 1.06 bits per heavy atom. The molecule has 0 radical (unpaired) electrons. The molecule has 3 heteroatoms. The zero-order valence-electron chi connectivity index (χ0n) is 10.6. The van der Waals surface area contributed by atoms with Crippen molar-refractivity contribution >= 4 is 11.6 Å². The summed E-state index contributed by atoms with van der Waals surface area (Å²) in [6.45, 7) is 2.09. The second-order valence-corrected chi connectivity index (χ2v) is 5.38. The van der Waals surface area contributed by atoms with Gasteiger partial charge in [-0.15, -0.1) is 0 Å². The van der Waals surface area contributed by atoms with Crippen LogP contribution in [0.25, 0.3) is 5.69 Å². The van der Waals surface area contributed by atoms with Gasteiger partial charge in [-0.25, -0.2) is 4.68 Å². The minimum absolute atomic E-state index is 0.802. The van der Waals surface area contributed by atoms with Crippen molar-refractivity contribution in [3.05, 3.63) is 46.2 Å². The Labute approximate surface area is 113 Å². The normalized spacial score (nSPS) is 15.2. The number of fused-ring (bicyclic) bond motifs is 1. The number of rotatable bonds is 1. The van der Waals surface area contributed by atoms with Crippen LogP contribution >= 0.6 is 11.6 Å². The molecule has 1 aliphatic carbocycles. The summed E-state index contributed by atoms with van der Waals surface area (Å²) in [6.07, 6.45) is 5.88. The lowest BCUT2D eigenvalue weighted by Gasteiger charge is -2.04. The third kappa shape index (κ3) is 2.05. The number of nitrogens with zero attached hydrogens (tertiary/aromatic N) is 2. The van der Waals surface area contributed by atoms with Crippen LogP contribution in [0.4, 0.5) is 0 Å². The van der Waals surface area contributed by atoms with E-state index in [0.29, 0.717) is 0 Å². The van der Waals surface area contributed by atoms with Crippen molar-refractivity contribution < 1.29 is 0 Å². The first-order chi connectivity index (χ1) is 8.75. The van der Waals surface area contributed by atoms with Gasteiger partial charge < -0.3 is 0 Å². The minimum atomic E-state index is 0.802. The van der Waals surface area contributed by atoms with Gasteiger partial charge in [0, 0.05) is 5.56 Å². The summed E-state index contributed by atoms with van der Waals surface area (Å²) in [4.78, 5) is 0. The summed E-state index contributed by atoms with van der Waals surface area (Å²) < 4.78 is 1.89. The quantitative estimate of drug-likeness (QED) is 0.706. The van der Waals surface area contributed by atoms with Crippen molar-refractivity contribution in [2.24, 2.45) is 0 Å². The fraction of sp³-hybridized carbons (Fsp3) is 0.400. The maximum absolute atomic E-state index is 6.49. The predicted molar refractivity (Wildman–Crippen MR) is 74.6 cm³/mol. The molecule has 0 aliphatic heterocycles. The van der Waals surface area contributed by atoms with E-state index in [-0.39, 0.29) is 0 Å².